The van der Waals surface area contributed by atoms with Crippen LogP contribution < -0.4 is 5.32 Å². The van der Waals surface area contributed by atoms with E-state index in [1.165, 1.54) is 6.07 Å². The van der Waals surface area contributed by atoms with Crippen molar-refractivity contribution in [1.29, 1.82) is 0 Å². The summed E-state index contributed by atoms with van der Waals surface area (Å²) in [6, 6.07) is 6.60. The topological polar surface area (TPSA) is 37.8 Å². The highest BCUT2D eigenvalue weighted by Gasteiger charge is 2.13. The van der Waals surface area contributed by atoms with Gasteiger partial charge in [-0.2, -0.15) is 0 Å². The Morgan fingerprint density at radius 3 is 2.41 bits per heavy atom. The van der Waals surface area contributed by atoms with Crippen molar-refractivity contribution in [2.45, 2.75) is 13.8 Å². The summed E-state index contributed by atoms with van der Waals surface area (Å²) in [7, 11) is 1.79. The largest absolute Gasteiger partial charge is 0.371 e. The van der Waals surface area contributed by atoms with E-state index in [0.29, 0.717) is 11.3 Å². The highest BCUT2D eigenvalue weighted by molar-refractivity contribution is 5.66. The lowest BCUT2D eigenvalue weighted by Crippen LogP contribution is -2.03. The molecule has 1 N–H and O–H groups in total. The van der Waals surface area contributed by atoms with E-state index in [1.54, 1.807) is 25.2 Å². The lowest BCUT2D eigenvalue weighted by atomic mass is 10.0. The smallest absolute Gasteiger partial charge is 0.151 e. The molecule has 1 heterocycles. The number of nitrogens with zero attached hydrogens (tertiary/aromatic N) is 2. The summed E-state index contributed by atoms with van der Waals surface area (Å²) in [5.74, 6) is 0.448. The van der Waals surface area contributed by atoms with E-state index in [9.17, 15) is 4.39 Å². The third-order valence-corrected chi connectivity index (χ3v) is 2.89. The van der Waals surface area contributed by atoms with Gasteiger partial charge >= 0.3 is 0 Å². The van der Waals surface area contributed by atoms with Gasteiger partial charge in [-0.25, -0.2) is 4.39 Å². The number of aromatic nitrogens is 2. The Bertz CT molecular complexity index is 552. The molecule has 0 unspecified atom stereocenters. The molecule has 0 amide bonds. The molecular formula is C13H14FN3. The van der Waals surface area contributed by atoms with Gasteiger partial charge in [-0.1, -0.05) is 12.1 Å². The third kappa shape index (κ3) is 1.98. The number of benzene rings is 1. The second-order valence-electron chi connectivity index (χ2n) is 3.88. The minimum Gasteiger partial charge on any atom is -0.371 e. The summed E-state index contributed by atoms with van der Waals surface area (Å²) >= 11 is 0. The number of hydrogen-bond donors (Lipinski definition) is 1. The number of nitrogens with one attached hydrogen (secondary N) is 1. The second-order valence-corrected chi connectivity index (χ2v) is 3.88. The van der Waals surface area contributed by atoms with Crippen LogP contribution in [0.25, 0.3) is 11.3 Å². The van der Waals surface area contributed by atoms with Crippen LogP contribution in [-0.4, -0.2) is 17.2 Å². The van der Waals surface area contributed by atoms with E-state index in [-0.39, 0.29) is 5.82 Å². The molecule has 2 aromatic rings. The second kappa shape index (κ2) is 4.49. The lowest BCUT2D eigenvalue weighted by Gasteiger charge is -2.11. The molecule has 0 atom stereocenters. The Kier molecular flexibility index (Phi) is 3.04. The van der Waals surface area contributed by atoms with E-state index >= 15 is 0 Å². The molecule has 1 aromatic carbocycles. The van der Waals surface area contributed by atoms with Crippen molar-refractivity contribution in [2.75, 3.05) is 12.4 Å². The zero-order valence-corrected chi connectivity index (χ0v) is 10.1. The monoisotopic (exact) mass is 231 g/mol. The summed E-state index contributed by atoms with van der Waals surface area (Å²) < 4.78 is 13.7. The Hall–Kier alpha value is -1.97. The first-order valence-electron chi connectivity index (χ1n) is 5.41. The van der Waals surface area contributed by atoms with Crippen molar-refractivity contribution >= 4 is 5.82 Å². The van der Waals surface area contributed by atoms with Crippen molar-refractivity contribution in [2.24, 2.45) is 0 Å². The first-order valence-corrected chi connectivity index (χ1v) is 5.41. The van der Waals surface area contributed by atoms with Crippen LogP contribution in [0.3, 0.4) is 0 Å². The molecular weight excluding hydrogens is 217 g/mol. The van der Waals surface area contributed by atoms with Crippen molar-refractivity contribution < 1.29 is 4.39 Å². The standard InChI is InChI=1S/C13H14FN3/c1-8-9(2)13(15-3)17-16-12(8)10-6-4-5-7-11(10)14/h4-7H,1-3H3,(H,15,17). The predicted molar refractivity (Wildman–Crippen MR) is 66.4 cm³/mol. The first kappa shape index (κ1) is 11.5. The van der Waals surface area contributed by atoms with Crippen molar-refractivity contribution in [1.82, 2.24) is 10.2 Å². The zero-order chi connectivity index (χ0) is 12.4. The average molecular weight is 231 g/mol. The van der Waals surface area contributed by atoms with E-state index in [4.69, 9.17) is 0 Å². The van der Waals surface area contributed by atoms with Gasteiger partial charge in [0, 0.05) is 12.6 Å². The average Bonchev–Trinajstić information content (AvgIpc) is 2.34. The molecule has 2 rings (SSSR count). The molecule has 0 fully saturated rings. The number of anilines is 1. The van der Waals surface area contributed by atoms with Gasteiger partial charge in [0.1, 0.15) is 5.82 Å². The minimum atomic E-state index is -0.276. The summed E-state index contributed by atoms with van der Waals surface area (Å²) in [6.07, 6.45) is 0. The maximum Gasteiger partial charge on any atom is 0.151 e. The Morgan fingerprint density at radius 1 is 1.06 bits per heavy atom. The predicted octanol–water partition coefficient (Wildman–Crippen LogP) is 2.94. The van der Waals surface area contributed by atoms with Crippen LogP contribution in [0.1, 0.15) is 11.1 Å². The fourth-order valence-electron chi connectivity index (χ4n) is 1.75. The molecule has 17 heavy (non-hydrogen) atoms. The van der Waals surface area contributed by atoms with E-state index < -0.39 is 0 Å². The van der Waals surface area contributed by atoms with Crippen LogP contribution in [0.4, 0.5) is 10.2 Å². The van der Waals surface area contributed by atoms with E-state index in [2.05, 4.69) is 15.5 Å². The Balaban J connectivity index is 2.62. The molecule has 0 aliphatic rings. The van der Waals surface area contributed by atoms with Gasteiger partial charge < -0.3 is 5.32 Å². The molecule has 0 radical (unpaired) electrons. The SMILES string of the molecule is CNc1nnc(-c2ccccc2F)c(C)c1C. The molecule has 0 bridgehead atoms. The summed E-state index contributed by atoms with van der Waals surface area (Å²) in [5.41, 5.74) is 3.01. The maximum absolute atomic E-state index is 13.7. The van der Waals surface area contributed by atoms with Gasteiger partial charge in [-0.15, -0.1) is 10.2 Å². The van der Waals surface area contributed by atoms with Gasteiger partial charge in [0.15, 0.2) is 5.82 Å². The van der Waals surface area contributed by atoms with E-state index in [1.807, 2.05) is 13.8 Å². The van der Waals surface area contributed by atoms with E-state index in [0.717, 1.165) is 16.9 Å². The van der Waals surface area contributed by atoms with Crippen LogP contribution in [0.2, 0.25) is 0 Å². The Labute approximate surface area is 99.7 Å². The summed E-state index contributed by atoms with van der Waals surface area (Å²) in [4.78, 5) is 0. The fourth-order valence-corrected chi connectivity index (χ4v) is 1.75. The molecule has 88 valence electrons. The highest BCUT2D eigenvalue weighted by atomic mass is 19.1. The van der Waals surface area contributed by atoms with Crippen LogP contribution in [-0.2, 0) is 0 Å². The maximum atomic E-state index is 13.7. The van der Waals surface area contributed by atoms with Gasteiger partial charge in [-0.3, -0.25) is 0 Å². The third-order valence-electron chi connectivity index (χ3n) is 2.89. The zero-order valence-electron chi connectivity index (χ0n) is 10.1. The summed E-state index contributed by atoms with van der Waals surface area (Å²) in [6.45, 7) is 3.87. The number of rotatable bonds is 2. The molecule has 0 aliphatic heterocycles. The fraction of sp³-hybridized carbons (Fsp3) is 0.231. The normalized spacial score (nSPS) is 10.4. The highest BCUT2D eigenvalue weighted by Crippen LogP contribution is 2.27. The lowest BCUT2D eigenvalue weighted by molar-refractivity contribution is 0.630. The van der Waals surface area contributed by atoms with Crippen LogP contribution in [0, 0.1) is 19.7 Å². The van der Waals surface area contributed by atoms with Crippen LogP contribution in [0.5, 0.6) is 0 Å². The quantitative estimate of drug-likeness (QED) is 0.863. The number of halogens is 1. The van der Waals surface area contributed by atoms with Gasteiger partial charge in [0.25, 0.3) is 0 Å². The van der Waals surface area contributed by atoms with Gasteiger partial charge in [0.2, 0.25) is 0 Å². The molecule has 0 saturated carbocycles. The summed E-state index contributed by atoms with van der Waals surface area (Å²) in [5, 5.41) is 11.1. The molecule has 1 aromatic heterocycles. The number of hydrogen-bond acceptors (Lipinski definition) is 3. The molecule has 0 aliphatic carbocycles. The molecule has 3 nitrogen and oxygen atoms in total. The van der Waals surface area contributed by atoms with Crippen molar-refractivity contribution in [3.05, 3.63) is 41.2 Å². The van der Waals surface area contributed by atoms with Crippen LogP contribution >= 0.6 is 0 Å². The van der Waals surface area contributed by atoms with Crippen molar-refractivity contribution in [3.8, 4) is 11.3 Å². The van der Waals surface area contributed by atoms with Crippen molar-refractivity contribution in [3.63, 3.8) is 0 Å². The Morgan fingerprint density at radius 2 is 1.76 bits per heavy atom. The molecule has 0 spiro atoms. The minimum absolute atomic E-state index is 0.276. The van der Waals surface area contributed by atoms with Crippen LogP contribution in [0.15, 0.2) is 24.3 Å². The molecule has 4 heteroatoms. The van der Waals surface area contributed by atoms with Gasteiger partial charge in [0.05, 0.1) is 5.69 Å². The first-order chi connectivity index (χ1) is 8.15. The van der Waals surface area contributed by atoms with Gasteiger partial charge in [-0.05, 0) is 37.1 Å². The molecule has 0 saturated heterocycles.